The standard InChI is InChI=1S/C14H14N2OS/c1-10-5-6-18-14(10)13(9-16)17-12-4-2-3-11(7-12)8-15/h2-7,13H,9,16H2,1H3. The van der Waals surface area contributed by atoms with Gasteiger partial charge in [-0.05, 0) is 42.1 Å². The highest BCUT2D eigenvalue weighted by atomic mass is 32.1. The first-order valence-electron chi connectivity index (χ1n) is 5.65. The zero-order chi connectivity index (χ0) is 13.0. The van der Waals surface area contributed by atoms with Crippen molar-refractivity contribution in [1.29, 1.82) is 5.26 Å². The van der Waals surface area contributed by atoms with Crippen LogP contribution in [0.4, 0.5) is 0 Å². The number of aryl methyl sites for hydroxylation is 1. The Morgan fingerprint density at radius 1 is 1.44 bits per heavy atom. The minimum Gasteiger partial charge on any atom is -0.484 e. The molecule has 2 aromatic rings. The average molecular weight is 258 g/mol. The monoisotopic (exact) mass is 258 g/mol. The Hall–Kier alpha value is -1.83. The van der Waals surface area contributed by atoms with E-state index >= 15 is 0 Å². The molecule has 1 heterocycles. The molecule has 1 atom stereocenters. The van der Waals surface area contributed by atoms with Crippen LogP contribution < -0.4 is 10.5 Å². The quantitative estimate of drug-likeness (QED) is 0.917. The van der Waals surface area contributed by atoms with Crippen molar-refractivity contribution in [3.05, 3.63) is 51.7 Å². The van der Waals surface area contributed by atoms with E-state index in [9.17, 15) is 0 Å². The number of rotatable bonds is 4. The number of benzene rings is 1. The molecule has 0 aliphatic carbocycles. The van der Waals surface area contributed by atoms with Crippen molar-refractivity contribution < 1.29 is 4.74 Å². The second-order valence-electron chi connectivity index (χ2n) is 3.95. The van der Waals surface area contributed by atoms with Crippen molar-refractivity contribution in [3.8, 4) is 11.8 Å². The molecule has 18 heavy (non-hydrogen) atoms. The summed E-state index contributed by atoms with van der Waals surface area (Å²) in [6.45, 7) is 2.46. The van der Waals surface area contributed by atoms with Crippen LogP contribution >= 0.6 is 11.3 Å². The van der Waals surface area contributed by atoms with E-state index in [1.54, 1.807) is 23.5 Å². The van der Waals surface area contributed by atoms with Gasteiger partial charge >= 0.3 is 0 Å². The van der Waals surface area contributed by atoms with Crippen LogP contribution in [-0.2, 0) is 0 Å². The molecule has 92 valence electrons. The third-order valence-electron chi connectivity index (χ3n) is 2.65. The van der Waals surface area contributed by atoms with Crippen LogP contribution in [-0.4, -0.2) is 6.54 Å². The van der Waals surface area contributed by atoms with Crippen LogP contribution in [0.1, 0.15) is 22.1 Å². The van der Waals surface area contributed by atoms with E-state index in [2.05, 4.69) is 12.1 Å². The van der Waals surface area contributed by atoms with E-state index in [0.29, 0.717) is 17.9 Å². The smallest absolute Gasteiger partial charge is 0.145 e. The van der Waals surface area contributed by atoms with Gasteiger partial charge in [-0.1, -0.05) is 6.07 Å². The third kappa shape index (κ3) is 2.70. The number of nitrogens with zero attached hydrogens (tertiary/aromatic N) is 1. The first-order chi connectivity index (χ1) is 8.74. The fourth-order valence-electron chi connectivity index (χ4n) is 1.73. The lowest BCUT2D eigenvalue weighted by Crippen LogP contribution is -2.18. The molecule has 0 amide bonds. The van der Waals surface area contributed by atoms with Crippen LogP contribution in [0.2, 0.25) is 0 Å². The highest BCUT2D eigenvalue weighted by molar-refractivity contribution is 7.10. The van der Waals surface area contributed by atoms with Crippen LogP contribution in [0.5, 0.6) is 5.75 Å². The summed E-state index contributed by atoms with van der Waals surface area (Å²) >= 11 is 1.64. The highest BCUT2D eigenvalue weighted by Crippen LogP contribution is 2.28. The highest BCUT2D eigenvalue weighted by Gasteiger charge is 2.15. The predicted octanol–water partition coefficient (Wildman–Crippen LogP) is 3.01. The van der Waals surface area contributed by atoms with Crippen molar-refractivity contribution in [2.75, 3.05) is 6.54 Å². The van der Waals surface area contributed by atoms with Gasteiger partial charge in [-0.2, -0.15) is 5.26 Å². The Balaban J connectivity index is 2.21. The maximum Gasteiger partial charge on any atom is 0.145 e. The van der Waals surface area contributed by atoms with E-state index in [0.717, 1.165) is 4.88 Å². The van der Waals surface area contributed by atoms with Gasteiger partial charge in [-0.25, -0.2) is 0 Å². The second kappa shape index (κ2) is 5.67. The molecule has 4 heteroatoms. The topological polar surface area (TPSA) is 59.0 Å². The molecule has 2 N–H and O–H groups in total. The van der Waals surface area contributed by atoms with Gasteiger partial charge in [0.25, 0.3) is 0 Å². The summed E-state index contributed by atoms with van der Waals surface area (Å²) in [5.74, 6) is 0.678. The molecule has 1 aromatic heterocycles. The van der Waals surface area contributed by atoms with E-state index < -0.39 is 0 Å². The predicted molar refractivity (Wildman–Crippen MR) is 72.6 cm³/mol. The number of thiophene rings is 1. The molecular weight excluding hydrogens is 244 g/mol. The van der Waals surface area contributed by atoms with Gasteiger partial charge in [0.15, 0.2) is 0 Å². The summed E-state index contributed by atoms with van der Waals surface area (Å²) < 4.78 is 5.87. The third-order valence-corrected chi connectivity index (χ3v) is 3.76. The van der Waals surface area contributed by atoms with E-state index in [1.807, 2.05) is 24.4 Å². The molecule has 0 saturated carbocycles. The van der Waals surface area contributed by atoms with Crippen molar-refractivity contribution in [2.45, 2.75) is 13.0 Å². The molecule has 0 saturated heterocycles. The van der Waals surface area contributed by atoms with Gasteiger partial charge in [-0.3, -0.25) is 0 Å². The lowest BCUT2D eigenvalue weighted by atomic mass is 10.2. The number of nitriles is 1. The summed E-state index contributed by atoms with van der Waals surface area (Å²) in [5.41, 5.74) is 7.54. The summed E-state index contributed by atoms with van der Waals surface area (Å²) in [7, 11) is 0. The summed E-state index contributed by atoms with van der Waals surface area (Å²) in [5, 5.41) is 10.9. The molecular formula is C14H14N2OS. The molecule has 1 unspecified atom stereocenters. The zero-order valence-corrected chi connectivity index (χ0v) is 10.9. The van der Waals surface area contributed by atoms with E-state index in [1.165, 1.54) is 5.56 Å². The Morgan fingerprint density at radius 3 is 2.89 bits per heavy atom. The van der Waals surface area contributed by atoms with Gasteiger partial charge < -0.3 is 10.5 Å². The first-order valence-corrected chi connectivity index (χ1v) is 6.53. The minimum absolute atomic E-state index is 0.154. The Kier molecular flexibility index (Phi) is 3.98. The molecule has 0 aliphatic heterocycles. The van der Waals surface area contributed by atoms with E-state index in [-0.39, 0.29) is 6.10 Å². The van der Waals surface area contributed by atoms with E-state index in [4.69, 9.17) is 15.7 Å². The van der Waals surface area contributed by atoms with Crippen molar-refractivity contribution in [3.63, 3.8) is 0 Å². The summed E-state index contributed by atoms with van der Waals surface area (Å²) in [6, 6.07) is 11.3. The molecule has 0 fully saturated rings. The number of hydrogen-bond acceptors (Lipinski definition) is 4. The summed E-state index contributed by atoms with van der Waals surface area (Å²) in [4.78, 5) is 1.14. The normalized spacial score (nSPS) is 11.8. The lowest BCUT2D eigenvalue weighted by molar-refractivity contribution is 0.217. The molecule has 0 bridgehead atoms. The van der Waals surface area contributed by atoms with Gasteiger partial charge in [0.05, 0.1) is 11.6 Å². The first kappa shape index (κ1) is 12.6. The number of hydrogen-bond donors (Lipinski definition) is 1. The van der Waals surface area contributed by atoms with Crippen LogP contribution in [0.25, 0.3) is 0 Å². The number of ether oxygens (including phenoxy) is 1. The van der Waals surface area contributed by atoms with Crippen LogP contribution in [0.15, 0.2) is 35.7 Å². The fraction of sp³-hybridized carbons (Fsp3) is 0.214. The Bertz CT molecular complexity index is 571. The minimum atomic E-state index is -0.154. The lowest BCUT2D eigenvalue weighted by Gasteiger charge is -2.17. The Labute approximate surface area is 110 Å². The van der Waals surface area contributed by atoms with Crippen LogP contribution in [0, 0.1) is 18.3 Å². The van der Waals surface area contributed by atoms with Gasteiger partial charge in [-0.15, -0.1) is 11.3 Å². The van der Waals surface area contributed by atoms with Crippen molar-refractivity contribution in [2.24, 2.45) is 5.73 Å². The molecule has 0 aliphatic rings. The van der Waals surface area contributed by atoms with Gasteiger partial charge in [0.1, 0.15) is 11.9 Å². The average Bonchev–Trinajstić information content (AvgIpc) is 2.82. The van der Waals surface area contributed by atoms with Crippen molar-refractivity contribution in [1.82, 2.24) is 0 Å². The maximum absolute atomic E-state index is 8.85. The SMILES string of the molecule is Cc1ccsc1C(CN)Oc1cccc(C#N)c1. The Morgan fingerprint density at radius 2 is 2.28 bits per heavy atom. The second-order valence-corrected chi connectivity index (χ2v) is 4.90. The molecule has 0 radical (unpaired) electrons. The molecule has 2 rings (SSSR count). The zero-order valence-electron chi connectivity index (χ0n) is 10.1. The molecule has 3 nitrogen and oxygen atoms in total. The van der Waals surface area contributed by atoms with Gasteiger partial charge in [0.2, 0.25) is 0 Å². The largest absolute Gasteiger partial charge is 0.484 e. The van der Waals surface area contributed by atoms with Gasteiger partial charge in [0, 0.05) is 11.4 Å². The maximum atomic E-state index is 8.85. The fourth-order valence-corrected chi connectivity index (χ4v) is 2.70. The van der Waals surface area contributed by atoms with Crippen LogP contribution in [0.3, 0.4) is 0 Å². The number of nitrogens with two attached hydrogens (primary N) is 1. The summed E-state index contributed by atoms with van der Waals surface area (Å²) in [6.07, 6.45) is -0.154. The molecule has 0 spiro atoms. The van der Waals surface area contributed by atoms with Crippen molar-refractivity contribution >= 4 is 11.3 Å². The molecule has 1 aromatic carbocycles.